The van der Waals surface area contributed by atoms with Gasteiger partial charge in [0, 0.05) is 41.7 Å². The van der Waals surface area contributed by atoms with Gasteiger partial charge in [-0.15, -0.1) is 0 Å². The Bertz CT molecular complexity index is 1700. The van der Waals surface area contributed by atoms with Gasteiger partial charge < -0.3 is 25.6 Å². The number of halogens is 3. The number of ether oxygens (including phenoxy) is 1. The van der Waals surface area contributed by atoms with Crippen LogP contribution in [0.5, 0.6) is 6.01 Å². The Kier molecular flexibility index (Phi) is 7.86. The third-order valence-electron chi connectivity index (χ3n) is 7.97. The van der Waals surface area contributed by atoms with Crippen LogP contribution in [0.15, 0.2) is 30.9 Å². The summed E-state index contributed by atoms with van der Waals surface area (Å²) in [5.41, 5.74) is 6.43. The monoisotopic (exact) mass is 613 g/mol. The van der Waals surface area contributed by atoms with Gasteiger partial charge in [0.25, 0.3) is 0 Å². The van der Waals surface area contributed by atoms with Crippen molar-refractivity contribution in [2.45, 2.75) is 37.8 Å². The predicted octanol–water partition coefficient (Wildman–Crippen LogP) is 5.48. The fraction of sp³-hybridized carbons (Fsp3) is 0.379. The van der Waals surface area contributed by atoms with Crippen molar-refractivity contribution in [1.29, 1.82) is 0 Å². The molecular weight excluding hydrogens is 584 g/mol. The number of likely N-dealkylation sites (tertiary alicyclic amines) is 2. The van der Waals surface area contributed by atoms with E-state index in [0.29, 0.717) is 36.5 Å². The van der Waals surface area contributed by atoms with Gasteiger partial charge >= 0.3 is 6.01 Å². The van der Waals surface area contributed by atoms with E-state index >= 15 is 4.39 Å². The Hall–Kier alpha value is -3.61. The molecule has 9 nitrogen and oxygen atoms in total. The number of carbonyl (C=O) groups excluding carboxylic acids is 1. The second kappa shape index (κ2) is 11.6. The second-order valence-corrected chi connectivity index (χ2v) is 12.1. The number of nitrogens with two attached hydrogens (primary N) is 1. The van der Waals surface area contributed by atoms with Crippen molar-refractivity contribution in [1.82, 2.24) is 24.8 Å². The molecule has 2 aliphatic heterocycles. The third kappa shape index (κ3) is 5.34. The molecule has 2 atom stereocenters. The zero-order valence-corrected chi connectivity index (χ0v) is 24.6. The highest BCUT2D eigenvalue weighted by atomic mass is 35.5. The molecule has 4 aromatic rings. The van der Waals surface area contributed by atoms with Crippen LogP contribution in [0, 0.1) is 11.6 Å². The Morgan fingerprint density at radius 1 is 1.24 bits per heavy atom. The van der Waals surface area contributed by atoms with Crippen molar-refractivity contribution in [3.8, 4) is 17.1 Å². The first kappa shape index (κ1) is 28.5. The molecule has 0 radical (unpaired) electrons. The van der Waals surface area contributed by atoms with Crippen LogP contribution < -0.4 is 15.8 Å². The minimum absolute atomic E-state index is 0.00261. The Labute approximate surface area is 250 Å². The number of hydrogen-bond donors (Lipinski definition) is 2. The summed E-state index contributed by atoms with van der Waals surface area (Å²) in [5.74, 6) is -1.01. The minimum atomic E-state index is -0.711. The highest BCUT2D eigenvalue weighted by Gasteiger charge is 2.27. The fourth-order valence-corrected chi connectivity index (χ4v) is 6.83. The number of nitrogens with one attached hydrogen (secondary N) is 1. The van der Waals surface area contributed by atoms with Gasteiger partial charge in [-0.3, -0.25) is 4.79 Å². The van der Waals surface area contributed by atoms with E-state index in [1.165, 1.54) is 18.2 Å². The quantitative estimate of drug-likeness (QED) is 0.264. The molecule has 6 rings (SSSR count). The topological polar surface area (TPSA) is 110 Å². The van der Waals surface area contributed by atoms with Crippen LogP contribution in [0.1, 0.15) is 25.7 Å². The summed E-state index contributed by atoms with van der Waals surface area (Å²) >= 11 is 7.70. The lowest BCUT2D eigenvalue weighted by molar-refractivity contribution is -0.127. The molecule has 1 amide bonds. The first-order chi connectivity index (χ1) is 20.2. The maximum Gasteiger partial charge on any atom is 0.319 e. The second-order valence-electron chi connectivity index (χ2n) is 10.7. The number of thiazole rings is 1. The lowest BCUT2D eigenvalue weighted by atomic mass is 10.0. The maximum absolute atomic E-state index is 16.5. The highest BCUT2D eigenvalue weighted by molar-refractivity contribution is 7.22. The maximum atomic E-state index is 16.5. The van der Waals surface area contributed by atoms with Crippen molar-refractivity contribution in [3.05, 3.63) is 47.5 Å². The van der Waals surface area contributed by atoms with Crippen molar-refractivity contribution >= 4 is 60.9 Å². The number of anilines is 2. The molecule has 2 aromatic carbocycles. The normalized spacial score (nSPS) is 19.5. The Morgan fingerprint density at radius 2 is 2.05 bits per heavy atom. The van der Waals surface area contributed by atoms with E-state index in [1.807, 2.05) is 7.05 Å². The van der Waals surface area contributed by atoms with Crippen LogP contribution >= 0.6 is 22.9 Å². The number of nitrogens with zero attached hydrogens (tertiary/aromatic N) is 5. The summed E-state index contributed by atoms with van der Waals surface area (Å²) in [6.07, 6.45) is 4.92. The number of fused-ring (bicyclic) bond motifs is 2. The molecule has 0 bridgehead atoms. The number of benzene rings is 2. The van der Waals surface area contributed by atoms with Gasteiger partial charge in [0.15, 0.2) is 10.9 Å². The largest absolute Gasteiger partial charge is 0.462 e. The molecule has 2 aromatic heterocycles. The summed E-state index contributed by atoms with van der Waals surface area (Å²) in [5, 5.41) is 3.99. The summed E-state index contributed by atoms with van der Waals surface area (Å²) < 4.78 is 37.3. The fourth-order valence-electron chi connectivity index (χ4n) is 5.77. The first-order valence-electron chi connectivity index (χ1n) is 13.8. The predicted molar refractivity (Wildman–Crippen MR) is 162 cm³/mol. The van der Waals surface area contributed by atoms with E-state index in [1.54, 1.807) is 11.0 Å². The zero-order valence-electron chi connectivity index (χ0n) is 23.0. The molecule has 0 saturated carbocycles. The number of rotatable bonds is 7. The summed E-state index contributed by atoms with van der Waals surface area (Å²) in [7, 11) is 2.04. The third-order valence-corrected chi connectivity index (χ3v) is 9.16. The van der Waals surface area contributed by atoms with Crippen LogP contribution in [-0.2, 0) is 4.79 Å². The van der Waals surface area contributed by atoms with Crippen molar-refractivity contribution in [3.63, 3.8) is 0 Å². The van der Waals surface area contributed by atoms with Gasteiger partial charge in [0.2, 0.25) is 5.91 Å². The smallest absolute Gasteiger partial charge is 0.319 e. The average Bonchev–Trinajstić information content (AvgIpc) is 3.58. The van der Waals surface area contributed by atoms with Crippen LogP contribution in [-0.4, -0.2) is 76.0 Å². The van der Waals surface area contributed by atoms with Gasteiger partial charge in [-0.25, -0.2) is 13.8 Å². The lowest BCUT2D eigenvalue weighted by Crippen LogP contribution is -2.44. The van der Waals surface area contributed by atoms with Crippen LogP contribution in [0.4, 0.5) is 19.7 Å². The van der Waals surface area contributed by atoms with E-state index in [0.717, 1.165) is 43.6 Å². The summed E-state index contributed by atoms with van der Waals surface area (Å²) in [4.78, 5) is 29.6. The van der Waals surface area contributed by atoms with E-state index in [2.05, 4.69) is 31.7 Å². The first-order valence-corrected chi connectivity index (χ1v) is 15.0. The van der Waals surface area contributed by atoms with Gasteiger partial charge in [-0.1, -0.05) is 29.5 Å². The summed E-state index contributed by atoms with van der Waals surface area (Å²) in [6.45, 7) is 5.99. The van der Waals surface area contributed by atoms with Crippen LogP contribution in [0.2, 0.25) is 5.02 Å². The van der Waals surface area contributed by atoms with Crippen molar-refractivity contribution < 1.29 is 18.3 Å². The molecule has 2 saturated heterocycles. The average molecular weight is 614 g/mol. The van der Waals surface area contributed by atoms with E-state index < -0.39 is 11.6 Å². The Morgan fingerprint density at radius 3 is 2.81 bits per heavy atom. The number of likely N-dealkylation sites (N-methyl/N-ethyl adjacent to an activating group) is 1. The van der Waals surface area contributed by atoms with E-state index in [9.17, 15) is 9.18 Å². The van der Waals surface area contributed by atoms with Gasteiger partial charge in [0.05, 0.1) is 15.2 Å². The molecule has 220 valence electrons. The molecular formula is C29H30ClF2N7O2S. The molecule has 13 heteroatoms. The molecule has 2 aliphatic rings. The molecule has 2 unspecified atom stereocenters. The van der Waals surface area contributed by atoms with Gasteiger partial charge in [-0.2, -0.15) is 9.97 Å². The number of nitrogen functional groups attached to an aromatic ring is 1. The summed E-state index contributed by atoms with van der Waals surface area (Å²) in [6, 6.07) is 4.35. The lowest BCUT2D eigenvalue weighted by Gasteiger charge is -2.33. The number of hydrogen-bond acceptors (Lipinski definition) is 9. The molecule has 0 aliphatic carbocycles. The SMILES string of the molecule is C=CC(=O)N1CCCC(Nc2nc(OCC3CCCN3C)nc3c(F)c(-c4ccc(F)c5sc(N)nc45)c(Cl)cc23)C1. The van der Waals surface area contributed by atoms with Gasteiger partial charge in [-0.05, 0) is 63.6 Å². The van der Waals surface area contributed by atoms with Crippen LogP contribution in [0.3, 0.4) is 0 Å². The Balaban J connectivity index is 1.45. The number of aromatic nitrogens is 3. The number of piperidine rings is 1. The van der Waals surface area contributed by atoms with E-state index in [-0.39, 0.29) is 55.5 Å². The number of carbonyl (C=O) groups is 1. The van der Waals surface area contributed by atoms with Gasteiger partial charge in [0.1, 0.15) is 23.8 Å². The number of amides is 1. The minimum Gasteiger partial charge on any atom is -0.462 e. The van der Waals surface area contributed by atoms with Crippen molar-refractivity contribution in [2.24, 2.45) is 0 Å². The zero-order chi connectivity index (χ0) is 29.5. The molecule has 4 heterocycles. The highest BCUT2D eigenvalue weighted by Crippen LogP contribution is 2.42. The van der Waals surface area contributed by atoms with Crippen molar-refractivity contribution in [2.75, 3.05) is 44.3 Å². The molecule has 2 fully saturated rings. The standard InChI is InChI=1S/C29H30ClF2N7O2S/c1-3-21(40)39-11-4-6-15(13-39)34-27-18-12-19(30)22(17-8-9-20(31)26-25(17)35-28(33)42-26)23(32)24(18)36-29(37-27)41-14-16-7-5-10-38(16)2/h3,8-9,12,15-16H,1,4-7,10-11,13-14H2,2H3,(H2,33,35)(H,34,36,37). The molecule has 0 spiro atoms. The molecule has 3 N–H and O–H groups in total. The van der Waals surface area contributed by atoms with E-state index in [4.69, 9.17) is 22.1 Å². The van der Waals surface area contributed by atoms with Crippen LogP contribution in [0.25, 0.3) is 32.2 Å². The molecule has 42 heavy (non-hydrogen) atoms.